The Labute approximate surface area is 183 Å². The highest BCUT2D eigenvalue weighted by Crippen LogP contribution is 2.29. The summed E-state index contributed by atoms with van der Waals surface area (Å²) in [5.41, 5.74) is -0.817. The summed E-state index contributed by atoms with van der Waals surface area (Å²) in [6.07, 6.45) is -2.59. The molecule has 2 aromatic rings. The van der Waals surface area contributed by atoms with Crippen LogP contribution in [0.3, 0.4) is 0 Å². The lowest BCUT2D eigenvalue weighted by Gasteiger charge is -2.33. The summed E-state index contributed by atoms with van der Waals surface area (Å²) in [6, 6.07) is 6.41. The van der Waals surface area contributed by atoms with Crippen LogP contribution in [0.2, 0.25) is 0 Å². The fraction of sp³-hybridized carbons (Fsp3) is 0.400. The van der Waals surface area contributed by atoms with Gasteiger partial charge in [0.2, 0.25) is 15.9 Å². The van der Waals surface area contributed by atoms with E-state index in [4.69, 9.17) is 0 Å². The molecular formula is C20H22F4N4O3S. The van der Waals surface area contributed by atoms with Crippen LogP contribution in [-0.2, 0) is 21.0 Å². The molecule has 174 valence electrons. The third-order valence-corrected chi connectivity index (χ3v) is 6.96. The third-order valence-electron chi connectivity index (χ3n) is 5.15. The van der Waals surface area contributed by atoms with Crippen LogP contribution in [0.5, 0.6) is 0 Å². The lowest BCUT2D eigenvalue weighted by Crippen LogP contribution is -2.47. The van der Waals surface area contributed by atoms with Crippen molar-refractivity contribution in [3.63, 3.8) is 0 Å². The summed E-state index contributed by atoms with van der Waals surface area (Å²) in [5.74, 6) is -0.626. The first kappa shape index (κ1) is 23.9. The molecule has 12 heteroatoms. The van der Waals surface area contributed by atoms with Crippen molar-refractivity contribution in [2.75, 3.05) is 31.6 Å². The molecule has 32 heavy (non-hydrogen) atoms. The normalized spacial score (nSPS) is 15.8. The van der Waals surface area contributed by atoms with Crippen LogP contribution in [0.4, 0.5) is 23.4 Å². The van der Waals surface area contributed by atoms with Gasteiger partial charge in [0.1, 0.15) is 11.6 Å². The van der Waals surface area contributed by atoms with Crippen LogP contribution in [0.15, 0.2) is 47.5 Å². The molecule has 1 aliphatic heterocycles. The predicted molar refractivity (Wildman–Crippen MR) is 109 cm³/mol. The van der Waals surface area contributed by atoms with Crippen molar-refractivity contribution in [3.05, 3.63) is 54.0 Å². The highest BCUT2D eigenvalue weighted by atomic mass is 32.2. The Hall–Kier alpha value is -2.73. The first-order valence-electron chi connectivity index (χ1n) is 9.76. The Bertz CT molecular complexity index is 1040. The van der Waals surface area contributed by atoms with Gasteiger partial charge in [-0.2, -0.15) is 17.5 Å². The fourth-order valence-corrected chi connectivity index (χ4v) is 4.47. The summed E-state index contributed by atoms with van der Waals surface area (Å²) in [6.45, 7) is 0.556. The molecule has 0 radical (unpaired) electrons. The molecule has 0 unspecified atom stereocenters. The van der Waals surface area contributed by atoms with Gasteiger partial charge in [-0.3, -0.25) is 4.79 Å². The predicted octanol–water partition coefficient (Wildman–Crippen LogP) is 2.65. The summed E-state index contributed by atoms with van der Waals surface area (Å²) in [4.78, 5) is 17.9. The number of alkyl halides is 3. The number of nitrogens with zero attached hydrogens (tertiary/aromatic N) is 3. The minimum atomic E-state index is -4.44. The molecule has 0 spiro atoms. The van der Waals surface area contributed by atoms with Gasteiger partial charge in [-0.05, 0) is 49.2 Å². The first-order valence-corrected chi connectivity index (χ1v) is 11.2. The van der Waals surface area contributed by atoms with Gasteiger partial charge in [0.15, 0.2) is 0 Å². The maximum absolute atomic E-state index is 13.0. The Morgan fingerprint density at radius 2 is 1.78 bits per heavy atom. The number of amides is 1. The number of sulfonamides is 1. The van der Waals surface area contributed by atoms with Crippen molar-refractivity contribution in [1.29, 1.82) is 0 Å². The van der Waals surface area contributed by atoms with Gasteiger partial charge >= 0.3 is 6.18 Å². The number of aromatic nitrogens is 1. The molecule has 0 bridgehead atoms. The van der Waals surface area contributed by atoms with Crippen LogP contribution in [0, 0.1) is 5.82 Å². The zero-order valence-corrected chi connectivity index (χ0v) is 18.0. The van der Waals surface area contributed by atoms with Gasteiger partial charge in [-0.25, -0.2) is 17.8 Å². The van der Waals surface area contributed by atoms with E-state index in [2.05, 4.69) is 10.3 Å². The minimum absolute atomic E-state index is 0.119. The summed E-state index contributed by atoms with van der Waals surface area (Å²) in [7, 11) is -2.68. The molecule has 1 fully saturated rings. The number of carbonyl (C=O) groups excluding carboxylic acids is 1. The van der Waals surface area contributed by atoms with Crippen LogP contribution in [0.25, 0.3) is 0 Å². The van der Waals surface area contributed by atoms with E-state index >= 15 is 0 Å². The van der Waals surface area contributed by atoms with Gasteiger partial charge in [-0.15, -0.1) is 0 Å². The summed E-state index contributed by atoms with van der Waals surface area (Å²) >= 11 is 0. The number of hydrogen-bond donors (Lipinski definition) is 1. The highest BCUT2D eigenvalue weighted by molar-refractivity contribution is 7.89. The molecule has 1 aromatic heterocycles. The maximum atomic E-state index is 13.0. The van der Waals surface area contributed by atoms with Crippen molar-refractivity contribution in [2.24, 2.45) is 0 Å². The molecule has 0 atom stereocenters. The second-order valence-electron chi connectivity index (χ2n) is 7.45. The van der Waals surface area contributed by atoms with E-state index in [1.165, 1.54) is 13.1 Å². The van der Waals surface area contributed by atoms with Crippen LogP contribution < -0.4 is 10.2 Å². The highest BCUT2D eigenvalue weighted by Gasteiger charge is 2.31. The quantitative estimate of drug-likeness (QED) is 0.651. The van der Waals surface area contributed by atoms with Gasteiger partial charge < -0.3 is 10.2 Å². The monoisotopic (exact) mass is 474 g/mol. The Kier molecular flexibility index (Phi) is 7.03. The molecule has 1 aliphatic rings. The zero-order chi connectivity index (χ0) is 23.5. The number of piperidine rings is 1. The van der Waals surface area contributed by atoms with Crippen molar-refractivity contribution >= 4 is 21.7 Å². The van der Waals surface area contributed by atoms with Gasteiger partial charge in [-0.1, -0.05) is 0 Å². The second kappa shape index (κ2) is 9.41. The van der Waals surface area contributed by atoms with Crippen LogP contribution in [-0.4, -0.2) is 56.3 Å². The summed E-state index contributed by atoms with van der Waals surface area (Å²) < 4.78 is 76.9. The smallest absolute Gasteiger partial charge is 0.356 e. The number of halogens is 4. The summed E-state index contributed by atoms with van der Waals surface area (Å²) in [5, 5.41) is 2.78. The fourth-order valence-electron chi connectivity index (χ4n) is 3.34. The van der Waals surface area contributed by atoms with E-state index in [1.54, 1.807) is 0 Å². The zero-order valence-electron chi connectivity index (χ0n) is 17.1. The van der Waals surface area contributed by atoms with E-state index in [9.17, 15) is 30.8 Å². The third kappa shape index (κ3) is 5.74. The molecule has 0 saturated carbocycles. The van der Waals surface area contributed by atoms with E-state index < -0.39 is 40.0 Å². The van der Waals surface area contributed by atoms with Crippen molar-refractivity contribution in [2.45, 2.75) is 30.0 Å². The average molecular weight is 474 g/mol. The molecule has 3 rings (SSSR count). The number of pyridine rings is 1. The Morgan fingerprint density at radius 3 is 2.31 bits per heavy atom. The number of likely N-dealkylation sites (N-methyl/N-ethyl adjacent to an activating group) is 1. The number of nitrogens with one attached hydrogen (secondary N) is 1. The number of benzene rings is 1. The lowest BCUT2D eigenvalue weighted by molar-refractivity contribution is -0.137. The van der Waals surface area contributed by atoms with E-state index in [1.807, 2.05) is 4.90 Å². The number of carbonyl (C=O) groups is 1. The van der Waals surface area contributed by atoms with E-state index in [0.717, 1.165) is 40.8 Å². The SMILES string of the molecule is CN(CC(=O)NC1CCN(c2ccc(C(F)(F)F)cn2)CC1)S(=O)(=O)c1ccc(F)cc1. The van der Waals surface area contributed by atoms with Crippen molar-refractivity contribution < 1.29 is 30.8 Å². The molecule has 1 amide bonds. The van der Waals surface area contributed by atoms with Gasteiger partial charge in [0, 0.05) is 32.4 Å². The molecule has 1 aromatic carbocycles. The molecular weight excluding hydrogens is 452 g/mol. The van der Waals surface area contributed by atoms with Gasteiger partial charge in [0.25, 0.3) is 0 Å². The molecule has 2 heterocycles. The Balaban J connectivity index is 1.50. The molecule has 7 nitrogen and oxygen atoms in total. The number of hydrogen-bond acceptors (Lipinski definition) is 5. The topological polar surface area (TPSA) is 82.6 Å². The number of rotatable bonds is 6. The van der Waals surface area contributed by atoms with E-state index in [-0.39, 0.29) is 10.9 Å². The van der Waals surface area contributed by atoms with Crippen molar-refractivity contribution in [1.82, 2.24) is 14.6 Å². The standard InChI is InChI=1S/C20H22F4N4O3S/c1-27(32(30,31)17-5-3-15(21)4-6-17)13-19(29)26-16-8-10-28(11-9-16)18-7-2-14(12-25-18)20(22,23)24/h2-7,12,16H,8-11,13H2,1H3,(H,26,29). The number of anilines is 1. The van der Waals surface area contributed by atoms with Crippen LogP contribution in [0.1, 0.15) is 18.4 Å². The maximum Gasteiger partial charge on any atom is 0.417 e. The molecule has 1 N–H and O–H groups in total. The van der Waals surface area contributed by atoms with E-state index in [0.29, 0.717) is 31.7 Å². The largest absolute Gasteiger partial charge is 0.417 e. The first-order chi connectivity index (χ1) is 15.0. The van der Waals surface area contributed by atoms with Gasteiger partial charge in [0.05, 0.1) is 17.0 Å². The molecule has 1 saturated heterocycles. The average Bonchev–Trinajstić information content (AvgIpc) is 2.74. The Morgan fingerprint density at radius 1 is 1.16 bits per heavy atom. The van der Waals surface area contributed by atoms with Crippen LogP contribution >= 0.6 is 0 Å². The van der Waals surface area contributed by atoms with Crippen molar-refractivity contribution in [3.8, 4) is 0 Å². The molecule has 0 aliphatic carbocycles. The second-order valence-corrected chi connectivity index (χ2v) is 9.49. The minimum Gasteiger partial charge on any atom is -0.356 e. The lowest BCUT2D eigenvalue weighted by atomic mass is 10.0.